The molecule has 94 valence electrons. The molecule has 1 aromatic rings. The molecule has 0 saturated heterocycles. The molecule has 1 amide bonds. The predicted octanol–water partition coefficient (Wildman–Crippen LogP) is 2.42. The molecule has 17 heavy (non-hydrogen) atoms. The number of nitrogens with zero attached hydrogens (tertiary/aromatic N) is 1. The summed E-state index contributed by atoms with van der Waals surface area (Å²) in [7, 11) is 0. The summed E-state index contributed by atoms with van der Waals surface area (Å²) in [4.78, 5) is 15.3. The van der Waals surface area contributed by atoms with Crippen molar-refractivity contribution in [2.24, 2.45) is 11.7 Å². The number of rotatable bonds is 7. The van der Waals surface area contributed by atoms with Crippen molar-refractivity contribution in [3.63, 3.8) is 0 Å². The molecule has 0 atom stereocenters. The van der Waals surface area contributed by atoms with Crippen molar-refractivity contribution in [3.05, 3.63) is 23.9 Å². The highest BCUT2D eigenvalue weighted by Gasteiger charge is 2.07. The van der Waals surface area contributed by atoms with Crippen LogP contribution in [0.2, 0.25) is 0 Å². The number of carbonyl (C=O) groups is 1. The zero-order chi connectivity index (χ0) is 12.7. The fourth-order valence-electron chi connectivity index (χ4n) is 1.63. The van der Waals surface area contributed by atoms with Gasteiger partial charge in [-0.2, -0.15) is 0 Å². The molecule has 0 aliphatic rings. The third-order valence-corrected chi connectivity index (χ3v) is 2.57. The Kier molecular flexibility index (Phi) is 5.46. The first-order valence-corrected chi connectivity index (χ1v) is 6.10. The molecule has 0 aromatic carbocycles. The summed E-state index contributed by atoms with van der Waals surface area (Å²) in [6, 6.07) is 3.40. The number of nitrogens with one attached hydrogen (secondary N) is 1. The SMILES string of the molecule is CC(C)CCCCNc1ncccc1C(N)=O. The third kappa shape index (κ3) is 4.85. The summed E-state index contributed by atoms with van der Waals surface area (Å²) in [5, 5.41) is 3.16. The fourth-order valence-corrected chi connectivity index (χ4v) is 1.63. The van der Waals surface area contributed by atoms with Crippen LogP contribution in [0.15, 0.2) is 18.3 Å². The molecule has 1 heterocycles. The molecule has 0 unspecified atom stereocenters. The molecule has 1 rings (SSSR count). The molecule has 0 fully saturated rings. The Morgan fingerprint density at radius 3 is 2.88 bits per heavy atom. The van der Waals surface area contributed by atoms with Crippen LogP contribution in [0.3, 0.4) is 0 Å². The van der Waals surface area contributed by atoms with Crippen molar-refractivity contribution in [1.82, 2.24) is 4.98 Å². The van der Waals surface area contributed by atoms with Crippen LogP contribution in [-0.4, -0.2) is 17.4 Å². The molecule has 4 heteroatoms. The van der Waals surface area contributed by atoms with Crippen molar-refractivity contribution in [3.8, 4) is 0 Å². The van der Waals surface area contributed by atoms with Gasteiger partial charge in [0.25, 0.3) is 5.91 Å². The second kappa shape index (κ2) is 6.89. The molecule has 1 aromatic heterocycles. The first-order valence-electron chi connectivity index (χ1n) is 6.10. The minimum atomic E-state index is -0.442. The topological polar surface area (TPSA) is 68.0 Å². The Labute approximate surface area is 103 Å². The number of carbonyl (C=O) groups excluding carboxylic acids is 1. The van der Waals surface area contributed by atoms with Gasteiger partial charge in [-0.05, 0) is 24.5 Å². The van der Waals surface area contributed by atoms with E-state index < -0.39 is 5.91 Å². The molecular formula is C13H21N3O. The minimum Gasteiger partial charge on any atom is -0.369 e. The summed E-state index contributed by atoms with van der Waals surface area (Å²) >= 11 is 0. The molecule has 4 nitrogen and oxygen atoms in total. The lowest BCUT2D eigenvalue weighted by atomic mass is 10.1. The van der Waals surface area contributed by atoms with E-state index in [9.17, 15) is 4.79 Å². The van der Waals surface area contributed by atoms with E-state index >= 15 is 0 Å². The van der Waals surface area contributed by atoms with Crippen molar-refractivity contribution < 1.29 is 4.79 Å². The number of nitrogens with two attached hydrogens (primary N) is 1. The van der Waals surface area contributed by atoms with E-state index in [2.05, 4.69) is 24.1 Å². The Balaban J connectivity index is 2.39. The smallest absolute Gasteiger partial charge is 0.252 e. The second-order valence-corrected chi connectivity index (χ2v) is 4.58. The Bertz CT molecular complexity index is 363. The van der Waals surface area contributed by atoms with Crippen molar-refractivity contribution in [1.29, 1.82) is 0 Å². The summed E-state index contributed by atoms with van der Waals surface area (Å²) in [5.41, 5.74) is 5.72. The number of hydrogen-bond donors (Lipinski definition) is 2. The molecule has 0 radical (unpaired) electrons. The standard InChI is InChI=1S/C13H21N3O/c1-10(2)6-3-4-8-15-13-11(12(14)17)7-5-9-16-13/h5,7,9-10H,3-4,6,8H2,1-2H3,(H2,14,17)(H,15,16). The number of unbranched alkanes of at least 4 members (excludes halogenated alkanes) is 1. The molecular weight excluding hydrogens is 214 g/mol. The Hall–Kier alpha value is -1.58. The summed E-state index contributed by atoms with van der Waals surface area (Å²) < 4.78 is 0. The first kappa shape index (κ1) is 13.5. The maximum absolute atomic E-state index is 11.1. The van der Waals surface area contributed by atoms with Crippen LogP contribution in [0, 0.1) is 5.92 Å². The van der Waals surface area contributed by atoms with Gasteiger partial charge in [0.15, 0.2) is 0 Å². The van der Waals surface area contributed by atoms with E-state index in [0.29, 0.717) is 11.4 Å². The average molecular weight is 235 g/mol. The van der Waals surface area contributed by atoms with Crippen LogP contribution in [0.1, 0.15) is 43.5 Å². The van der Waals surface area contributed by atoms with Gasteiger partial charge >= 0.3 is 0 Å². The molecule has 0 bridgehead atoms. The van der Waals surface area contributed by atoms with Crippen LogP contribution < -0.4 is 11.1 Å². The van der Waals surface area contributed by atoms with Crippen molar-refractivity contribution >= 4 is 11.7 Å². The number of anilines is 1. The fraction of sp³-hybridized carbons (Fsp3) is 0.538. The summed E-state index contributed by atoms with van der Waals surface area (Å²) in [5.74, 6) is 0.887. The van der Waals surface area contributed by atoms with Gasteiger partial charge < -0.3 is 11.1 Å². The maximum Gasteiger partial charge on any atom is 0.252 e. The largest absolute Gasteiger partial charge is 0.369 e. The highest BCUT2D eigenvalue weighted by molar-refractivity contribution is 5.97. The van der Waals surface area contributed by atoms with Crippen LogP contribution >= 0.6 is 0 Å². The molecule has 0 saturated carbocycles. The zero-order valence-electron chi connectivity index (χ0n) is 10.6. The molecule has 0 aliphatic carbocycles. The zero-order valence-corrected chi connectivity index (χ0v) is 10.6. The van der Waals surface area contributed by atoms with Crippen LogP contribution in [0.4, 0.5) is 5.82 Å². The monoisotopic (exact) mass is 235 g/mol. The van der Waals surface area contributed by atoms with E-state index in [1.165, 1.54) is 12.8 Å². The highest BCUT2D eigenvalue weighted by Crippen LogP contribution is 2.11. The number of hydrogen-bond acceptors (Lipinski definition) is 3. The Morgan fingerprint density at radius 1 is 1.47 bits per heavy atom. The first-order chi connectivity index (χ1) is 8.11. The molecule has 0 spiro atoms. The van der Waals surface area contributed by atoms with E-state index in [0.717, 1.165) is 18.9 Å². The highest BCUT2D eigenvalue weighted by atomic mass is 16.1. The van der Waals surface area contributed by atoms with E-state index in [1.807, 2.05) is 0 Å². The molecule has 3 N–H and O–H groups in total. The lowest BCUT2D eigenvalue weighted by Gasteiger charge is -2.09. The second-order valence-electron chi connectivity index (χ2n) is 4.58. The maximum atomic E-state index is 11.1. The lowest BCUT2D eigenvalue weighted by Crippen LogP contribution is -2.15. The van der Waals surface area contributed by atoms with Gasteiger partial charge in [0, 0.05) is 12.7 Å². The average Bonchev–Trinajstić information content (AvgIpc) is 2.28. The van der Waals surface area contributed by atoms with Gasteiger partial charge in [0.05, 0.1) is 5.56 Å². The van der Waals surface area contributed by atoms with Gasteiger partial charge in [0.2, 0.25) is 0 Å². The van der Waals surface area contributed by atoms with Gasteiger partial charge in [0.1, 0.15) is 5.82 Å². The van der Waals surface area contributed by atoms with Gasteiger partial charge in [-0.15, -0.1) is 0 Å². The van der Waals surface area contributed by atoms with Crippen LogP contribution in [0.25, 0.3) is 0 Å². The number of aromatic nitrogens is 1. The predicted molar refractivity (Wildman–Crippen MR) is 69.9 cm³/mol. The quantitative estimate of drug-likeness (QED) is 0.713. The summed E-state index contributed by atoms with van der Waals surface area (Å²) in [6.45, 7) is 5.26. The normalized spacial score (nSPS) is 10.5. The van der Waals surface area contributed by atoms with E-state index in [1.54, 1.807) is 18.3 Å². The van der Waals surface area contributed by atoms with E-state index in [-0.39, 0.29) is 0 Å². The minimum absolute atomic E-state index is 0.442. The lowest BCUT2D eigenvalue weighted by molar-refractivity contribution is 0.100. The number of primary amides is 1. The number of amides is 1. The summed E-state index contributed by atoms with van der Waals surface area (Å²) in [6.07, 6.45) is 5.14. The van der Waals surface area contributed by atoms with E-state index in [4.69, 9.17) is 5.73 Å². The van der Waals surface area contributed by atoms with Gasteiger partial charge in [-0.3, -0.25) is 4.79 Å². The van der Waals surface area contributed by atoms with Crippen molar-refractivity contribution in [2.75, 3.05) is 11.9 Å². The van der Waals surface area contributed by atoms with Gasteiger partial charge in [-0.1, -0.05) is 26.7 Å². The van der Waals surface area contributed by atoms with Crippen LogP contribution in [0.5, 0.6) is 0 Å². The Morgan fingerprint density at radius 2 is 2.24 bits per heavy atom. The van der Waals surface area contributed by atoms with Crippen LogP contribution in [-0.2, 0) is 0 Å². The van der Waals surface area contributed by atoms with Gasteiger partial charge in [-0.25, -0.2) is 4.98 Å². The van der Waals surface area contributed by atoms with Crippen molar-refractivity contribution in [2.45, 2.75) is 33.1 Å². The molecule has 0 aliphatic heterocycles. The third-order valence-electron chi connectivity index (χ3n) is 2.57. The number of pyridine rings is 1.